The zero-order chi connectivity index (χ0) is 11.5. The van der Waals surface area contributed by atoms with Gasteiger partial charge in [0.25, 0.3) is 0 Å². The third kappa shape index (κ3) is 2.48. The maximum atomic E-state index is 11.2. The lowest BCUT2D eigenvalue weighted by Crippen LogP contribution is -2.48. The summed E-state index contributed by atoms with van der Waals surface area (Å²) in [7, 11) is -1.87. The summed E-state index contributed by atoms with van der Waals surface area (Å²) >= 11 is 0. The van der Waals surface area contributed by atoms with Crippen molar-refractivity contribution in [3.05, 3.63) is 30.3 Å². The number of carbonyl (C=O) groups is 1. The summed E-state index contributed by atoms with van der Waals surface area (Å²) in [6.07, 6.45) is 0.712. The van der Waals surface area contributed by atoms with Crippen molar-refractivity contribution in [2.75, 3.05) is 0 Å². The van der Waals surface area contributed by atoms with Crippen LogP contribution >= 0.6 is 0 Å². The molecule has 0 spiro atoms. The quantitative estimate of drug-likeness (QED) is 0.795. The van der Waals surface area contributed by atoms with E-state index in [1.165, 1.54) is 5.19 Å². The Bertz CT molecular complexity index is 333. The van der Waals surface area contributed by atoms with Crippen molar-refractivity contribution in [3.63, 3.8) is 0 Å². The molecule has 2 nitrogen and oxygen atoms in total. The number of benzene rings is 1. The Morgan fingerprint density at radius 1 is 1.33 bits per heavy atom. The number of rotatable bonds is 4. The first kappa shape index (κ1) is 12.0. The van der Waals surface area contributed by atoms with Gasteiger partial charge in [-0.2, -0.15) is 0 Å². The molecule has 1 atom stereocenters. The highest BCUT2D eigenvalue weighted by Crippen LogP contribution is 2.25. The minimum Gasteiger partial charge on any atom is -0.481 e. The van der Waals surface area contributed by atoms with Crippen molar-refractivity contribution in [2.24, 2.45) is 0 Å². The molecule has 0 aliphatic heterocycles. The maximum Gasteiger partial charge on any atom is 0.304 e. The third-order valence-corrected chi connectivity index (χ3v) is 7.31. The Kier molecular flexibility index (Phi) is 3.69. The highest BCUT2D eigenvalue weighted by atomic mass is 28.3. The predicted molar refractivity (Wildman–Crippen MR) is 65.2 cm³/mol. The predicted octanol–water partition coefficient (Wildman–Crippen LogP) is 2.47. The Morgan fingerprint density at radius 2 is 1.87 bits per heavy atom. The summed E-state index contributed by atoms with van der Waals surface area (Å²) < 4.78 is 0. The van der Waals surface area contributed by atoms with Gasteiger partial charge in [0.1, 0.15) is 0 Å². The van der Waals surface area contributed by atoms with Crippen LogP contribution in [0, 0.1) is 0 Å². The smallest absolute Gasteiger partial charge is 0.304 e. The van der Waals surface area contributed by atoms with Crippen molar-refractivity contribution in [1.29, 1.82) is 0 Å². The fourth-order valence-electron chi connectivity index (χ4n) is 2.06. The SMILES string of the molecule is CCC(C(=O)O)[Si](C)(C)c1ccccc1. The largest absolute Gasteiger partial charge is 0.481 e. The zero-order valence-corrected chi connectivity index (χ0v) is 10.5. The molecule has 3 heteroatoms. The maximum absolute atomic E-state index is 11.2. The van der Waals surface area contributed by atoms with Crippen molar-refractivity contribution >= 4 is 19.2 Å². The molecule has 0 saturated carbocycles. The number of hydrogen-bond donors (Lipinski definition) is 1. The molecule has 1 unspecified atom stereocenters. The third-order valence-electron chi connectivity index (χ3n) is 3.10. The van der Waals surface area contributed by atoms with Crippen LogP contribution in [-0.4, -0.2) is 19.1 Å². The molecule has 82 valence electrons. The van der Waals surface area contributed by atoms with Crippen LogP contribution in [-0.2, 0) is 4.79 Å². The van der Waals surface area contributed by atoms with Gasteiger partial charge in [0.15, 0.2) is 0 Å². The lowest BCUT2D eigenvalue weighted by Gasteiger charge is -2.29. The topological polar surface area (TPSA) is 37.3 Å². The standard InChI is InChI=1S/C12H18O2Si/c1-4-11(12(13)14)15(2,3)10-8-6-5-7-9-10/h5-9,11H,4H2,1-3H3,(H,13,14). The molecule has 0 fully saturated rings. The summed E-state index contributed by atoms with van der Waals surface area (Å²) in [5.41, 5.74) is -0.195. The summed E-state index contributed by atoms with van der Waals surface area (Å²) in [6.45, 7) is 6.21. The molecule has 0 amide bonds. The summed E-state index contributed by atoms with van der Waals surface area (Å²) in [5.74, 6) is -0.655. The van der Waals surface area contributed by atoms with E-state index in [4.69, 9.17) is 0 Å². The van der Waals surface area contributed by atoms with Gasteiger partial charge in [0.2, 0.25) is 0 Å². The van der Waals surface area contributed by atoms with Crippen LogP contribution in [0.1, 0.15) is 13.3 Å². The van der Waals surface area contributed by atoms with Crippen LogP contribution in [0.25, 0.3) is 0 Å². The molecule has 0 heterocycles. The zero-order valence-electron chi connectivity index (χ0n) is 9.53. The summed E-state index contributed by atoms with van der Waals surface area (Å²) in [5, 5.41) is 10.4. The van der Waals surface area contributed by atoms with Gasteiger partial charge in [-0.15, -0.1) is 0 Å². The fraction of sp³-hybridized carbons (Fsp3) is 0.417. The molecule has 0 aliphatic carbocycles. The van der Waals surface area contributed by atoms with Crippen LogP contribution in [0.3, 0.4) is 0 Å². The van der Waals surface area contributed by atoms with Gasteiger partial charge in [-0.25, -0.2) is 0 Å². The lowest BCUT2D eigenvalue weighted by molar-refractivity contribution is -0.137. The molecular formula is C12H18O2Si. The van der Waals surface area contributed by atoms with Gasteiger partial charge in [0, 0.05) is 0 Å². The molecule has 1 rings (SSSR count). The van der Waals surface area contributed by atoms with E-state index in [1.807, 2.05) is 25.1 Å². The number of aliphatic carboxylic acids is 1. The summed E-state index contributed by atoms with van der Waals surface area (Å²) in [4.78, 5) is 11.2. The van der Waals surface area contributed by atoms with Crippen LogP contribution in [0.4, 0.5) is 0 Å². The summed E-state index contributed by atoms with van der Waals surface area (Å²) in [6, 6.07) is 10.0. The highest BCUT2D eigenvalue weighted by molar-refractivity contribution is 6.93. The Morgan fingerprint density at radius 3 is 2.27 bits per heavy atom. The fourth-order valence-corrected chi connectivity index (χ4v) is 5.15. The second-order valence-corrected chi connectivity index (χ2v) is 9.10. The van der Waals surface area contributed by atoms with Gasteiger partial charge < -0.3 is 5.11 Å². The highest BCUT2D eigenvalue weighted by Gasteiger charge is 2.37. The van der Waals surface area contributed by atoms with Crippen LogP contribution in [0.15, 0.2) is 30.3 Å². The second-order valence-electron chi connectivity index (χ2n) is 4.39. The first-order valence-electron chi connectivity index (χ1n) is 5.28. The van der Waals surface area contributed by atoms with Gasteiger partial charge in [-0.1, -0.05) is 55.5 Å². The average Bonchev–Trinajstić information content (AvgIpc) is 2.19. The lowest BCUT2D eigenvalue weighted by atomic mass is 10.3. The minimum atomic E-state index is -1.87. The van der Waals surface area contributed by atoms with Gasteiger partial charge in [-0.05, 0) is 6.42 Å². The number of carboxylic acids is 1. The van der Waals surface area contributed by atoms with E-state index in [0.717, 1.165) is 0 Å². The minimum absolute atomic E-state index is 0.195. The van der Waals surface area contributed by atoms with Crippen LogP contribution in [0.5, 0.6) is 0 Å². The number of hydrogen-bond acceptors (Lipinski definition) is 1. The van der Waals surface area contributed by atoms with Crippen molar-refractivity contribution < 1.29 is 9.90 Å². The van der Waals surface area contributed by atoms with E-state index in [2.05, 4.69) is 25.2 Å². The Labute approximate surface area is 92.0 Å². The normalized spacial score (nSPS) is 13.5. The number of carboxylic acid groups (broad SMARTS) is 1. The van der Waals surface area contributed by atoms with Gasteiger partial charge in [0.05, 0.1) is 13.6 Å². The van der Waals surface area contributed by atoms with E-state index in [0.29, 0.717) is 6.42 Å². The molecule has 0 aromatic heterocycles. The van der Waals surface area contributed by atoms with E-state index in [-0.39, 0.29) is 5.54 Å². The molecule has 1 aromatic rings. The van der Waals surface area contributed by atoms with Gasteiger partial charge >= 0.3 is 5.97 Å². The Balaban J connectivity index is 3.05. The monoisotopic (exact) mass is 222 g/mol. The Hall–Kier alpha value is -1.09. The average molecular weight is 222 g/mol. The van der Waals surface area contributed by atoms with E-state index < -0.39 is 14.0 Å². The van der Waals surface area contributed by atoms with Crippen LogP contribution in [0.2, 0.25) is 18.6 Å². The first-order chi connectivity index (χ1) is 7.00. The first-order valence-corrected chi connectivity index (χ1v) is 8.36. The van der Waals surface area contributed by atoms with Crippen LogP contribution < -0.4 is 5.19 Å². The molecule has 0 saturated heterocycles. The molecule has 0 bridgehead atoms. The molecule has 0 radical (unpaired) electrons. The van der Waals surface area contributed by atoms with E-state index in [9.17, 15) is 9.90 Å². The van der Waals surface area contributed by atoms with Crippen molar-refractivity contribution in [2.45, 2.75) is 32.0 Å². The van der Waals surface area contributed by atoms with E-state index in [1.54, 1.807) is 0 Å². The molecule has 0 aliphatic rings. The van der Waals surface area contributed by atoms with Crippen molar-refractivity contribution in [1.82, 2.24) is 0 Å². The van der Waals surface area contributed by atoms with E-state index >= 15 is 0 Å². The molecular weight excluding hydrogens is 204 g/mol. The molecule has 1 aromatic carbocycles. The molecule has 1 N–H and O–H groups in total. The second kappa shape index (κ2) is 4.62. The molecule has 15 heavy (non-hydrogen) atoms. The van der Waals surface area contributed by atoms with Gasteiger partial charge in [-0.3, -0.25) is 4.79 Å². The van der Waals surface area contributed by atoms with Crippen molar-refractivity contribution in [3.8, 4) is 0 Å².